The number of nitrogens with two attached hydrogens (primary N) is 1. The number of rotatable bonds is 4. The lowest BCUT2D eigenvalue weighted by Crippen LogP contribution is -2.45. The number of phenols is 1. The summed E-state index contributed by atoms with van der Waals surface area (Å²) in [6, 6.07) is 5.62. The maximum absolute atomic E-state index is 10.5. The summed E-state index contributed by atoms with van der Waals surface area (Å²) in [5, 5.41) is 26.8. The van der Waals surface area contributed by atoms with Gasteiger partial charge in [-0.15, -0.1) is 0 Å². The molecule has 0 saturated carbocycles. The first kappa shape index (κ1) is 22.4. The van der Waals surface area contributed by atoms with Crippen LogP contribution in [0.15, 0.2) is 47.3 Å². The number of benzene rings is 1. The number of likely N-dealkylation sites (tertiary alicyclic amines) is 1. The van der Waals surface area contributed by atoms with Crippen molar-refractivity contribution in [2.75, 3.05) is 20.2 Å². The molecule has 166 valence electrons. The first-order chi connectivity index (χ1) is 14.7. The Morgan fingerprint density at radius 3 is 2.84 bits per heavy atom. The summed E-state index contributed by atoms with van der Waals surface area (Å²) in [7, 11) is 1.55. The molecule has 8 nitrogen and oxygen atoms in total. The molecule has 6 N–H and O–H groups in total. The van der Waals surface area contributed by atoms with Crippen molar-refractivity contribution in [3.05, 3.63) is 52.7 Å². The van der Waals surface area contributed by atoms with Gasteiger partial charge < -0.3 is 31.1 Å². The van der Waals surface area contributed by atoms with Crippen LogP contribution < -0.4 is 26.8 Å². The highest BCUT2D eigenvalue weighted by atomic mass is 16.5. The number of hydrogen-bond donors (Lipinski definition) is 5. The zero-order valence-electron chi connectivity index (χ0n) is 18.6. The van der Waals surface area contributed by atoms with Crippen LogP contribution in [0.5, 0.6) is 5.75 Å². The van der Waals surface area contributed by atoms with Gasteiger partial charge in [-0.2, -0.15) is 0 Å². The second-order valence-corrected chi connectivity index (χ2v) is 8.73. The van der Waals surface area contributed by atoms with Gasteiger partial charge in [0.1, 0.15) is 11.6 Å². The molecule has 0 amide bonds. The number of methoxy groups -OCH3 is 1. The molecule has 2 heterocycles. The lowest BCUT2D eigenvalue weighted by atomic mass is 10.1. The van der Waals surface area contributed by atoms with Crippen LogP contribution in [0, 0.1) is 5.41 Å². The molecule has 0 unspecified atom stereocenters. The summed E-state index contributed by atoms with van der Waals surface area (Å²) in [6.07, 6.45) is 7.65. The largest absolute Gasteiger partial charge is 0.507 e. The van der Waals surface area contributed by atoms with Crippen molar-refractivity contribution in [1.29, 1.82) is 5.41 Å². The van der Waals surface area contributed by atoms with Gasteiger partial charge in [0.25, 0.3) is 0 Å². The van der Waals surface area contributed by atoms with E-state index in [0.29, 0.717) is 28.7 Å². The highest BCUT2D eigenvalue weighted by Gasteiger charge is 2.26. The highest BCUT2D eigenvalue weighted by Crippen LogP contribution is 2.14. The number of nitrogens with zero attached hydrogens (tertiary/aromatic N) is 2. The zero-order chi connectivity index (χ0) is 22.6. The predicted molar refractivity (Wildman–Crippen MR) is 125 cm³/mol. The van der Waals surface area contributed by atoms with E-state index in [1.54, 1.807) is 37.5 Å². The zero-order valence-corrected chi connectivity index (χ0v) is 18.6. The Hall–Kier alpha value is -3.26. The average Bonchev–Trinajstić information content (AvgIpc) is 3.18. The maximum atomic E-state index is 10.5. The van der Waals surface area contributed by atoms with E-state index < -0.39 is 0 Å². The van der Waals surface area contributed by atoms with Gasteiger partial charge >= 0.3 is 0 Å². The maximum Gasteiger partial charge on any atom is 0.216 e. The van der Waals surface area contributed by atoms with E-state index in [0.717, 1.165) is 30.4 Å². The van der Waals surface area contributed by atoms with Crippen molar-refractivity contribution in [3.63, 3.8) is 0 Å². The standard InChI is InChI=1S/C23H32N6O2/c1-23(2,3)28-16-9-10-29(13-16)21(25)8-7-18(24)17-6-5-15(11-20(17)30)19-12-22(31-4)27-14-26-19/h5-8,11-12,14,16,25,28,30H,9-10,13,24H2,1-4H3,(H,26,27)/t16-/m0/s1. The van der Waals surface area contributed by atoms with Crippen LogP contribution in [0.2, 0.25) is 0 Å². The number of aliphatic imine (C=N–C) groups is 1. The molecule has 2 aliphatic heterocycles. The molecule has 1 aromatic rings. The molecule has 2 aliphatic rings. The van der Waals surface area contributed by atoms with Crippen LogP contribution in [0.25, 0.3) is 11.4 Å². The molecule has 0 spiro atoms. The SMILES string of the molecule is COC1=CC(=c2ccc(=C(N)C=CC(=N)N3CC[C@H](NC(C)(C)C)C3)c(O)c2)NC=N1. The highest BCUT2D eigenvalue weighted by molar-refractivity contribution is 5.92. The number of aromatic hydroxyl groups is 1. The summed E-state index contributed by atoms with van der Waals surface area (Å²) in [6.45, 7) is 8.08. The van der Waals surface area contributed by atoms with Gasteiger partial charge in [0.15, 0.2) is 0 Å². The van der Waals surface area contributed by atoms with Crippen molar-refractivity contribution in [3.8, 4) is 5.75 Å². The van der Waals surface area contributed by atoms with Crippen molar-refractivity contribution < 1.29 is 9.84 Å². The Morgan fingerprint density at radius 2 is 2.16 bits per heavy atom. The Morgan fingerprint density at radius 1 is 1.39 bits per heavy atom. The molecule has 8 heteroatoms. The lowest BCUT2D eigenvalue weighted by molar-refractivity contribution is 0.288. The van der Waals surface area contributed by atoms with Gasteiger partial charge in [-0.05, 0) is 51.5 Å². The van der Waals surface area contributed by atoms with Gasteiger partial charge in [0.2, 0.25) is 5.88 Å². The van der Waals surface area contributed by atoms with E-state index in [1.165, 1.54) is 6.34 Å². The van der Waals surface area contributed by atoms with Crippen LogP contribution in [0.3, 0.4) is 0 Å². The number of nitrogens with one attached hydrogen (secondary N) is 3. The Bertz CT molecular complexity index is 1050. The first-order valence-electron chi connectivity index (χ1n) is 10.3. The van der Waals surface area contributed by atoms with Crippen LogP contribution in [-0.4, -0.2) is 54.0 Å². The van der Waals surface area contributed by atoms with E-state index in [4.69, 9.17) is 15.9 Å². The molecule has 0 aromatic heterocycles. The molecule has 1 saturated heterocycles. The fourth-order valence-electron chi connectivity index (χ4n) is 3.66. The molecule has 31 heavy (non-hydrogen) atoms. The Kier molecular flexibility index (Phi) is 6.70. The molecule has 1 aromatic carbocycles. The van der Waals surface area contributed by atoms with E-state index >= 15 is 0 Å². The number of hydrogen-bond acceptors (Lipinski definition) is 7. The third kappa shape index (κ3) is 5.88. The van der Waals surface area contributed by atoms with Gasteiger partial charge in [0, 0.05) is 46.9 Å². The minimum absolute atomic E-state index is 0.0553. The summed E-state index contributed by atoms with van der Waals surface area (Å²) in [5.74, 6) is 0.952. The third-order valence-electron chi connectivity index (χ3n) is 5.10. The average molecular weight is 425 g/mol. The molecule has 0 bridgehead atoms. The van der Waals surface area contributed by atoms with E-state index in [9.17, 15) is 5.11 Å². The number of phenolic OH excluding ortho intramolecular Hbond substituents is 1. The van der Waals surface area contributed by atoms with Gasteiger partial charge in [-0.25, -0.2) is 4.99 Å². The van der Waals surface area contributed by atoms with Crippen LogP contribution in [-0.2, 0) is 4.74 Å². The minimum atomic E-state index is 0.0553. The quantitative estimate of drug-likeness (QED) is 0.358. The van der Waals surface area contributed by atoms with Crippen molar-refractivity contribution in [2.24, 2.45) is 10.7 Å². The first-order valence-corrected chi connectivity index (χ1v) is 10.3. The lowest BCUT2D eigenvalue weighted by Gasteiger charge is -2.26. The van der Waals surface area contributed by atoms with Gasteiger partial charge in [-0.1, -0.05) is 6.07 Å². The Labute approximate surface area is 183 Å². The molecule has 1 fully saturated rings. The molecule has 0 radical (unpaired) electrons. The molecular weight excluding hydrogens is 392 g/mol. The third-order valence-corrected chi connectivity index (χ3v) is 5.10. The number of ether oxygens (including phenoxy) is 1. The number of amidine groups is 1. The van der Waals surface area contributed by atoms with Crippen LogP contribution in [0.1, 0.15) is 27.2 Å². The summed E-state index contributed by atoms with van der Waals surface area (Å²) in [5.41, 5.74) is 7.41. The van der Waals surface area contributed by atoms with Crippen molar-refractivity contribution in [1.82, 2.24) is 15.5 Å². The fourth-order valence-corrected chi connectivity index (χ4v) is 3.66. The molecular formula is C23H32N6O2. The normalized spacial score (nSPS) is 21.7. The summed E-state index contributed by atoms with van der Waals surface area (Å²) >= 11 is 0. The minimum Gasteiger partial charge on any atom is -0.507 e. The molecule has 3 rings (SSSR count). The second kappa shape index (κ2) is 9.26. The topological polar surface area (TPSA) is 119 Å². The van der Waals surface area contributed by atoms with Gasteiger partial charge in [0.05, 0.1) is 19.1 Å². The van der Waals surface area contributed by atoms with Crippen molar-refractivity contribution >= 4 is 23.6 Å². The molecule has 1 atom stereocenters. The van der Waals surface area contributed by atoms with Gasteiger partial charge in [-0.3, -0.25) is 5.41 Å². The van der Waals surface area contributed by atoms with E-state index in [1.807, 2.05) is 11.0 Å². The Balaban J connectivity index is 1.75. The summed E-state index contributed by atoms with van der Waals surface area (Å²) in [4.78, 5) is 6.08. The predicted octanol–water partition coefficient (Wildman–Crippen LogP) is 0.682. The summed E-state index contributed by atoms with van der Waals surface area (Å²) < 4.78 is 5.14. The second-order valence-electron chi connectivity index (χ2n) is 8.73. The van der Waals surface area contributed by atoms with Crippen molar-refractivity contribution in [2.45, 2.75) is 38.8 Å². The van der Waals surface area contributed by atoms with Crippen LogP contribution >= 0.6 is 0 Å². The smallest absolute Gasteiger partial charge is 0.216 e. The fraction of sp³-hybridized carbons (Fsp3) is 0.391. The van der Waals surface area contributed by atoms with Crippen LogP contribution in [0.4, 0.5) is 0 Å². The monoisotopic (exact) mass is 424 g/mol. The molecule has 0 aliphatic carbocycles. The van der Waals surface area contributed by atoms with E-state index in [-0.39, 0.29) is 11.3 Å². The van der Waals surface area contributed by atoms with E-state index in [2.05, 4.69) is 36.4 Å².